The number of hydrogen-bond acceptors (Lipinski definition) is 7. The van der Waals surface area contributed by atoms with Crippen LogP contribution in [0.1, 0.15) is 16.7 Å². The van der Waals surface area contributed by atoms with Crippen molar-refractivity contribution in [3.63, 3.8) is 0 Å². The maximum atomic E-state index is 10.3. The van der Waals surface area contributed by atoms with Crippen molar-refractivity contribution in [3.05, 3.63) is 77.9 Å². The predicted octanol–water partition coefficient (Wildman–Crippen LogP) is 2.74. The van der Waals surface area contributed by atoms with Crippen LogP contribution in [0.5, 0.6) is 34.5 Å². The molecule has 3 aromatic rings. The van der Waals surface area contributed by atoms with Crippen molar-refractivity contribution < 1.29 is 30.6 Å². The molecule has 31 heavy (non-hydrogen) atoms. The van der Waals surface area contributed by atoms with Gasteiger partial charge in [0.05, 0.1) is 16.8 Å². The third-order valence-electron chi connectivity index (χ3n) is 4.24. The molecule has 3 aromatic carbocycles. The first-order valence-electron chi connectivity index (χ1n) is 8.84. The van der Waals surface area contributed by atoms with Crippen molar-refractivity contribution >= 4 is 17.4 Å². The minimum absolute atomic E-state index is 0.0338. The van der Waals surface area contributed by atoms with E-state index in [1.54, 1.807) is 0 Å². The van der Waals surface area contributed by atoms with Gasteiger partial charge in [-0.1, -0.05) is 6.58 Å². The molecule has 0 aliphatic rings. The molecule has 0 bridgehead atoms. The van der Waals surface area contributed by atoms with Crippen molar-refractivity contribution in [1.82, 2.24) is 0 Å². The summed E-state index contributed by atoms with van der Waals surface area (Å²) in [5, 5.41) is 58.9. The third-order valence-corrected chi connectivity index (χ3v) is 4.24. The van der Waals surface area contributed by atoms with Crippen molar-refractivity contribution in [2.24, 2.45) is 15.7 Å². The van der Waals surface area contributed by atoms with Crippen LogP contribution in [0.4, 0.5) is 0 Å². The number of nitrogens with zero attached hydrogens (tertiary/aromatic N) is 2. The van der Waals surface area contributed by atoms with Gasteiger partial charge in [0.25, 0.3) is 0 Å². The Morgan fingerprint density at radius 3 is 1.48 bits per heavy atom. The van der Waals surface area contributed by atoms with Gasteiger partial charge < -0.3 is 36.4 Å². The van der Waals surface area contributed by atoms with Crippen molar-refractivity contribution in [2.75, 3.05) is 0 Å². The fraction of sp³-hybridized carbons (Fsp3) is 0. The summed E-state index contributed by atoms with van der Waals surface area (Å²) in [5.74, 6) is -1.81. The first-order valence-corrected chi connectivity index (χ1v) is 8.84. The molecule has 9 heteroatoms. The van der Waals surface area contributed by atoms with E-state index in [4.69, 9.17) is 5.73 Å². The Morgan fingerprint density at radius 1 is 0.613 bits per heavy atom. The van der Waals surface area contributed by atoms with Crippen molar-refractivity contribution in [1.29, 1.82) is 0 Å². The number of amidine groups is 2. The molecular weight excluding hydrogens is 402 g/mol. The third kappa shape index (κ3) is 4.67. The highest BCUT2D eigenvalue weighted by Gasteiger charge is 2.15. The van der Waals surface area contributed by atoms with Gasteiger partial charge in [0.2, 0.25) is 0 Å². The zero-order chi connectivity index (χ0) is 22.7. The van der Waals surface area contributed by atoms with Crippen LogP contribution < -0.4 is 5.73 Å². The average Bonchev–Trinajstić information content (AvgIpc) is 2.67. The molecule has 0 radical (unpaired) electrons. The van der Waals surface area contributed by atoms with Crippen LogP contribution in [0.15, 0.2) is 71.2 Å². The van der Waals surface area contributed by atoms with E-state index in [1.165, 1.54) is 36.4 Å². The molecule has 0 spiro atoms. The van der Waals surface area contributed by atoms with E-state index in [0.29, 0.717) is 0 Å². The molecule has 0 saturated heterocycles. The lowest BCUT2D eigenvalue weighted by atomic mass is 10.1. The van der Waals surface area contributed by atoms with Gasteiger partial charge in [0.1, 0.15) is 40.3 Å². The molecule has 0 heterocycles. The number of hydrogen-bond donors (Lipinski definition) is 7. The molecule has 0 fully saturated rings. The topological polar surface area (TPSA) is 172 Å². The minimum atomic E-state index is -0.354. The molecule has 158 valence electrons. The lowest BCUT2D eigenvalue weighted by molar-refractivity contribution is 0.448. The first kappa shape index (κ1) is 21.1. The molecule has 0 amide bonds. The quantitative estimate of drug-likeness (QED) is 0.250. The Labute approximate surface area is 176 Å². The number of benzene rings is 3. The lowest BCUT2D eigenvalue weighted by Crippen LogP contribution is -2.16. The summed E-state index contributed by atoms with van der Waals surface area (Å²) >= 11 is 0. The molecular formula is C22H19N3O6. The van der Waals surface area contributed by atoms with E-state index in [2.05, 4.69) is 16.6 Å². The molecule has 0 aliphatic heterocycles. The maximum Gasteiger partial charge on any atom is 0.165 e. The molecule has 9 nitrogen and oxygen atoms in total. The second-order valence-corrected chi connectivity index (χ2v) is 6.48. The normalized spacial score (nSPS) is 12.0. The van der Waals surface area contributed by atoms with Crippen molar-refractivity contribution in [2.45, 2.75) is 0 Å². The largest absolute Gasteiger partial charge is 0.508 e. The van der Waals surface area contributed by atoms with Gasteiger partial charge in [0.15, 0.2) is 5.84 Å². The van der Waals surface area contributed by atoms with Crippen LogP contribution >= 0.6 is 0 Å². The predicted molar refractivity (Wildman–Crippen MR) is 116 cm³/mol. The summed E-state index contributed by atoms with van der Waals surface area (Å²) in [4.78, 5) is 8.43. The number of nitrogens with two attached hydrogens (primary N) is 1. The van der Waals surface area contributed by atoms with Gasteiger partial charge in [-0.15, -0.1) is 0 Å². The highest BCUT2D eigenvalue weighted by molar-refractivity contribution is 6.14. The SMILES string of the molecule is C=C(N=C(N=C(N)c1ccc(O)cc1O)c1ccc(O)cc1O)c1ccc(O)cc1O. The molecule has 0 saturated carbocycles. The monoisotopic (exact) mass is 421 g/mol. The van der Waals surface area contributed by atoms with Crippen LogP contribution in [0, 0.1) is 0 Å². The Kier molecular flexibility index (Phi) is 5.69. The fourth-order valence-electron chi connectivity index (χ4n) is 2.72. The molecule has 8 N–H and O–H groups in total. The van der Waals surface area contributed by atoms with E-state index < -0.39 is 0 Å². The summed E-state index contributed by atoms with van der Waals surface area (Å²) in [6, 6.07) is 11.3. The number of aromatic hydroxyl groups is 6. The zero-order valence-electron chi connectivity index (χ0n) is 16.1. The van der Waals surface area contributed by atoms with E-state index in [9.17, 15) is 30.6 Å². The van der Waals surface area contributed by atoms with Gasteiger partial charge in [-0.2, -0.15) is 0 Å². The van der Waals surface area contributed by atoms with E-state index in [-0.39, 0.29) is 68.6 Å². The molecule has 0 aliphatic carbocycles. The molecule has 0 aromatic heterocycles. The fourth-order valence-corrected chi connectivity index (χ4v) is 2.72. The highest BCUT2D eigenvalue weighted by atomic mass is 16.3. The zero-order valence-corrected chi connectivity index (χ0v) is 16.1. The smallest absolute Gasteiger partial charge is 0.165 e. The van der Waals surface area contributed by atoms with Crippen LogP contribution in [0.2, 0.25) is 0 Å². The van der Waals surface area contributed by atoms with E-state index in [1.807, 2.05) is 0 Å². The lowest BCUT2D eigenvalue weighted by Gasteiger charge is -2.10. The Hall–Kier alpha value is -4.66. The van der Waals surface area contributed by atoms with Gasteiger partial charge in [-0.05, 0) is 36.4 Å². The summed E-state index contributed by atoms with van der Waals surface area (Å²) in [6.07, 6.45) is 0. The Bertz CT molecular complexity index is 1230. The maximum absolute atomic E-state index is 10.3. The summed E-state index contributed by atoms with van der Waals surface area (Å²) < 4.78 is 0. The van der Waals surface area contributed by atoms with Crippen LogP contribution in [-0.2, 0) is 0 Å². The molecule has 0 unspecified atom stereocenters. The summed E-state index contributed by atoms with van der Waals surface area (Å²) in [7, 11) is 0. The van der Waals surface area contributed by atoms with E-state index in [0.717, 1.165) is 18.2 Å². The molecule has 3 rings (SSSR count). The number of aliphatic imine (C=N–C) groups is 2. The number of phenolic OH excluding ortho intramolecular Hbond substituents is 6. The van der Waals surface area contributed by atoms with Crippen LogP contribution in [0.3, 0.4) is 0 Å². The van der Waals surface area contributed by atoms with Gasteiger partial charge >= 0.3 is 0 Å². The first-order chi connectivity index (χ1) is 14.7. The van der Waals surface area contributed by atoms with Crippen LogP contribution in [-0.4, -0.2) is 42.3 Å². The minimum Gasteiger partial charge on any atom is -0.508 e. The van der Waals surface area contributed by atoms with Crippen LogP contribution in [0.25, 0.3) is 5.70 Å². The second kappa shape index (κ2) is 8.37. The van der Waals surface area contributed by atoms with Gasteiger partial charge in [-0.3, -0.25) is 0 Å². The summed E-state index contributed by atoms with van der Waals surface area (Å²) in [5.41, 5.74) is 6.42. The number of phenols is 6. The van der Waals surface area contributed by atoms with Gasteiger partial charge in [-0.25, -0.2) is 9.98 Å². The Balaban J connectivity index is 2.14. The van der Waals surface area contributed by atoms with Crippen molar-refractivity contribution in [3.8, 4) is 34.5 Å². The average molecular weight is 421 g/mol. The second-order valence-electron chi connectivity index (χ2n) is 6.48. The Morgan fingerprint density at radius 2 is 1.03 bits per heavy atom. The van der Waals surface area contributed by atoms with E-state index >= 15 is 0 Å². The standard InChI is InChI=1S/C22H19N3O6/c1-11(15-5-2-12(26)8-18(15)29)24-22(17-7-4-14(28)10-20(17)31)25-21(23)16-6-3-13(27)9-19(16)30/h2-10,26-31H,1H2,(H2,23,24,25). The number of rotatable bonds is 4. The highest BCUT2D eigenvalue weighted by Crippen LogP contribution is 2.31. The molecule has 0 atom stereocenters. The van der Waals surface area contributed by atoms with Gasteiger partial charge in [0, 0.05) is 23.8 Å². The summed E-state index contributed by atoms with van der Waals surface area (Å²) in [6.45, 7) is 3.78.